The van der Waals surface area contributed by atoms with Gasteiger partial charge in [-0.3, -0.25) is 4.90 Å². The van der Waals surface area contributed by atoms with Gasteiger partial charge in [0.1, 0.15) is 0 Å². The Morgan fingerprint density at radius 2 is 2.05 bits per heavy atom. The van der Waals surface area contributed by atoms with Gasteiger partial charge in [0.25, 0.3) is 0 Å². The van der Waals surface area contributed by atoms with Crippen molar-refractivity contribution >= 4 is 0 Å². The molecule has 1 N–H and O–H groups in total. The Balaban J connectivity index is 1.97. The zero-order chi connectivity index (χ0) is 13.8. The summed E-state index contributed by atoms with van der Waals surface area (Å²) < 4.78 is 0. The summed E-state index contributed by atoms with van der Waals surface area (Å²) in [6, 6.07) is 10.2. The highest BCUT2D eigenvalue weighted by Gasteiger charge is 2.27. The Labute approximate surface area is 115 Å². The molecule has 0 spiro atoms. The van der Waals surface area contributed by atoms with E-state index in [-0.39, 0.29) is 6.10 Å². The van der Waals surface area contributed by atoms with Crippen molar-refractivity contribution < 1.29 is 5.11 Å². The van der Waals surface area contributed by atoms with E-state index in [1.165, 1.54) is 5.56 Å². The number of hydrogen-bond acceptors (Lipinski definition) is 3. The van der Waals surface area contributed by atoms with Crippen molar-refractivity contribution in [2.45, 2.75) is 38.3 Å². The van der Waals surface area contributed by atoms with Crippen LogP contribution in [0.1, 0.15) is 43.4 Å². The monoisotopic (exact) mass is 258 g/mol. The predicted molar refractivity (Wildman–Crippen MR) is 75.5 cm³/mol. The summed E-state index contributed by atoms with van der Waals surface area (Å²) in [6.45, 7) is 3.10. The van der Waals surface area contributed by atoms with Gasteiger partial charge in [0.15, 0.2) is 0 Å². The number of rotatable bonds is 4. The number of aliphatic hydroxyl groups is 1. The van der Waals surface area contributed by atoms with Crippen LogP contribution < -0.4 is 0 Å². The molecule has 0 aromatic heterocycles. The van der Waals surface area contributed by atoms with E-state index in [0.29, 0.717) is 17.5 Å². The van der Waals surface area contributed by atoms with Crippen LogP contribution in [0.4, 0.5) is 0 Å². The van der Waals surface area contributed by atoms with Crippen LogP contribution in [0.5, 0.6) is 0 Å². The van der Waals surface area contributed by atoms with Crippen molar-refractivity contribution in [1.29, 1.82) is 5.26 Å². The second kappa shape index (κ2) is 6.18. The molecule has 1 aliphatic carbocycles. The third-order valence-corrected chi connectivity index (χ3v) is 4.32. The average molecular weight is 258 g/mol. The van der Waals surface area contributed by atoms with Crippen molar-refractivity contribution in [3.8, 4) is 6.07 Å². The number of nitriles is 1. The van der Waals surface area contributed by atoms with Crippen LogP contribution >= 0.6 is 0 Å². The molecule has 3 heteroatoms. The van der Waals surface area contributed by atoms with Gasteiger partial charge in [-0.2, -0.15) is 5.26 Å². The normalized spacial score (nSPS) is 24.4. The standard InChI is InChI=1S/C16H22N2O/c1-12(14-8-6-13(10-17)7-9-14)18(2)11-15-4-3-5-16(15)19/h6-9,12,15-16,19H,3-5,11H2,1-2H3. The summed E-state index contributed by atoms with van der Waals surface area (Å²) in [4.78, 5) is 2.29. The largest absolute Gasteiger partial charge is 0.393 e. The molecule has 1 saturated carbocycles. The molecule has 1 fully saturated rings. The van der Waals surface area contributed by atoms with Crippen molar-refractivity contribution in [2.75, 3.05) is 13.6 Å². The third-order valence-electron chi connectivity index (χ3n) is 4.32. The molecule has 3 atom stereocenters. The highest BCUT2D eigenvalue weighted by atomic mass is 16.3. The Morgan fingerprint density at radius 1 is 1.37 bits per heavy atom. The Hall–Kier alpha value is -1.37. The highest BCUT2D eigenvalue weighted by molar-refractivity contribution is 5.32. The smallest absolute Gasteiger partial charge is 0.0991 e. The van der Waals surface area contributed by atoms with Gasteiger partial charge >= 0.3 is 0 Å². The van der Waals surface area contributed by atoms with E-state index in [2.05, 4.69) is 24.9 Å². The maximum absolute atomic E-state index is 9.90. The molecule has 0 heterocycles. The maximum atomic E-state index is 9.90. The second-order valence-electron chi connectivity index (χ2n) is 5.61. The van der Waals surface area contributed by atoms with E-state index < -0.39 is 0 Å². The van der Waals surface area contributed by atoms with Gasteiger partial charge in [-0.05, 0) is 50.4 Å². The van der Waals surface area contributed by atoms with Crippen molar-refractivity contribution in [1.82, 2.24) is 4.90 Å². The van der Waals surface area contributed by atoms with Crippen molar-refractivity contribution in [3.63, 3.8) is 0 Å². The van der Waals surface area contributed by atoms with Gasteiger partial charge in [0.05, 0.1) is 17.7 Å². The molecule has 3 nitrogen and oxygen atoms in total. The average Bonchev–Trinajstić information content (AvgIpc) is 2.83. The quantitative estimate of drug-likeness (QED) is 0.903. The Bertz CT molecular complexity index is 449. The third kappa shape index (κ3) is 3.34. The van der Waals surface area contributed by atoms with E-state index >= 15 is 0 Å². The van der Waals surface area contributed by atoms with Gasteiger partial charge < -0.3 is 5.11 Å². The lowest BCUT2D eigenvalue weighted by Gasteiger charge is -2.29. The molecule has 0 amide bonds. The molecule has 0 bridgehead atoms. The topological polar surface area (TPSA) is 47.3 Å². The summed E-state index contributed by atoms with van der Waals surface area (Å²) in [7, 11) is 2.11. The molecule has 2 rings (SSSR count). The molecule has 1 aromatic carbocycles. The van der Waals surface area contributed by atoms with E-state index in [1.54, 1.807) is 0 Å². The first-order chi connectivity index (χ1) is 9.11. The Morgan fingerprint density at radius 3 is 2.58 bits per heavy atom. The summed E-state index contributed by atoms with van der Waals surface area (Å²) in [6.07, 6.45) is 3.09. The van der Waals surface area contributed by atoms with E-state index in [1.807, 2.05) is 24.3 Å². The first kappa shape index (κ1) is 14.0. The fraction of sp³-hybridized carbons (Fsp3) is 0.562. The van der Waals surface area contributed by atoms with E-state index in [0.717, 1.165) is 25.8 Å². The lowest BCUT2D eigenvalue weighted by atomic mass is 10.0. The maximum Gasteiger partial charge on any atom is 0.0991 e. The van der Waals surface area contributed by atoms with Gasteiger partial charge in [0.2, 0.25) is 0 Å². The van der Waals surface area contributed by atoms with E-state index in [4.69, 9.17) is 5.26 Å². The van der Waals surface area contributed by atoms with Crippen molar-refractivity contribution in [2.24, 2.45) is 5.92 Å². The second-order valence-corrected chi connectivity index (χ2v) is 5.61. The van der Waals surface area contributed by atoms with Gasteiger partial charge in [0, 0.05) is 12.6 Å². The van der Waals surface area contributed by atoms with Crippen LogP contribution in [0.25, 0.3) is 0 Å². The van der Waals surface area contributed by atoms with Crippen molar-refractivity contribution in [3.05, 3.63) is 35.4 Å². The molecule has 19 heavy (non-hydrogen) atoms. The van der Waals surface area contributed by atoms with Crippen LogP contribution in [0, 0.1) is 17.2 Å². The van der Waals surface area contributed by atoms with Gasteiger partial charge in [-0.15, -0.1) is 0 Å². The lowest BCUT2D eigenvalue weighted by Crippen LogP contribution is -2.31. The van der Waals surface area contributed by atoms with Crippen LogP contribution in [-0.4, -0.2) is 29.7 Å². The first-order valence-electron chi connectivity index (χ1n) is 7.00. The first-order valence-corrected chi connectivity index (χ1v) is 7.00. The molecule has 3 unspecified atom stereocenters. The summed E-state index contributed by atoms with van der Waals surface area (Å²) >= 11 is 0. The number of benzene rings is 1. The molecule has 102 valence electrons. The minimum atomic E-state index is -0.129. The molecule has 1 aromatic rings. The van der Waals surface area contributed by atoms with E-state index in [9.17, 15) is 5.11 Å². The fourth-order valence-electron chi connectivity index (χ4n) is 2.85. The number of hydrogen-bond donors (Lipinski definition) is 1. The molecular formula is C16H22N2O. The van der Waals surface area contributed by atoms with Crippen LogP contribution in [0.2, 0.25) is 0 Å². The summed E-state index contributed by atoms with van der Waals surface area (Å²) in [5.74, 6) is 0.408. The number of nitrogens with zero attached hydrogens (tertiary/aromatic N) is 2. The predicted octanol–water partition coefficient (Wildman–Crippen LogP) is 2.71. The molecule has 0 aliphatic heterocycles. The SMILES string of the molecule is CC(c1ccc(C#N)cc1)N(C)CC1CCCC1O. The molecular weight excluding hydrogens is 236 g/mol. The fourth-order valence-corrected chi connectivity index (χ4v) is 2.85. The lowest BCUT2D eigenvalue weighted by molar-refractivity contribution is 0.0990. The number of aliphatic hydroxyl groups excluding tert-OH is 1. The summed E-state index contributed by atoms with van der Waals surface area (Å²) in [5, 5.41) is 18.7. The minimum absolute atomic E-state index is 0.129. The molecule has 0 radical (unpaired) electrons. The highest BCUT2D eigenvalue weighted by Crippen LogP contribution is 2.28. The van der Waals surface area contributed by atoms with Gasteiger partial charge in [-0.1, -0.05) is 18.6 Å². The van der Waals surface area contributed by atoms with Crippen LogP contribution in [0.3, 0.4) is 0 Å². The zero-order valence-electron chi connectivity index (χ0n) is 11.7. The molecule has 1 aliphatic rings. The zero-order valence-corrected chi connectivity index (χ0v) is 11.7. The van der Waals surface area contributed by atoms with Gasteiger partial charge in [-0.25, -0.2) is 0 Å². The Kier molecular flexibility index (Phi) is 4.57. The van der Waals surface area contributed by atoms with Crippen LogP contribution in [-0.2, 0) is 0 Å². The van der Waals surface area contributed by atoms with Crippen LogP contribution in [0.15, 0.2) is 24.3 Å². The molecule has 0 saturated heterocycles. The minimum Gasteiger partial charge on any atom is -0.393 e. The summed E-state index contributed by atoms with van der Waals surface area (Å²) in [5.41, 5.74) is 1.92.